The molecule has 0 saturated carbocycles. The van der Waals surface area contributed by atoms with E-state index in [1.165, 1.54) is 0 Å². The lowest BCUT2D eigenvalue weighted by Crippen LogP contribution is -2.27. The molecule has 0 spiro atoms. The molecule has 0 aliphatic heterocycles. The van der Waals surface area contributed by atoms with Gasteiger partial charge in [-0.05, 0) is 13.0 Å². The summed E-state index contributed by atoms with van der Waals surface area (Å²) < 4.78 is 0. The molecule has 50 valence electrons. The van der Waals surface area contributed by atoms with Crippen LogP contribution in [0.1, 0.15) is 15.3 Å². The van der Waals surface area contributed by atoms with Crippen LogP contribution in [-0.4, -0.2) is 13.1 Å². The van der Waals surface area contributed by atoms with Crippen molar-refractivity contribution in [3.63, 3.8) is 0 Å². The predicted octanol–water partition coefficient (Wildman–Crippen LogP) is 1.66. The Kier molecular flexibility index (Phi) is 3.53. The third-order valence-corrected chi connectivity index (χ3v) is 1.31. The molecule has 0 amide bonds. The first-order valence-corrected chi connectivity index (χ1v) is 3.02. The van der Waals surface area contributed by atoms with Crippen LogP contribution in [-0.2, 0) is 0 Å². The van der Waals surface area contributed by atoms with E-state index >= 15 is 0 Å². The zero-order chi connectivity index (χ0) is 6.57. The Morgan fingerprint density at radius 2 is 2.12 bits per heavy atom. The average molecular weight is 115 g/mol. The number of nitrogens with one attached hydrogen (secondary N) is 1. The van der Waals surface area contributed by atoms with Crippen molar-refractivity contribution < 1.29 is 1.43 Å². The maximum atomic E-state index is 3.69. The molecule has 0 aliphatic carbocycles. The zero-order valence-electron chi connectivity index (χ0n) is 5.94. The molecule has 0 fully saturated rings. The summed E-state index contributed by atoms with van der Waals surface area (Å²) >= 11 is 0. The van der Waals surface area contributed by atoms with Crippen LogP contribution >= 0.6 is 0 Å². The summed E-state index contributed by atoms with van der Waals surface area (Å²) in [6.45, 7) is 8.03. The highest BCUT2D eigenvalue weighted by Crippen LogP contribution is 1.99. The maximum absolute atomic E-state index is 3.69. The lowest BCUT2D eigenvalue weighted by Gasteiger charge is -2.14. The van der Waals surface area contributed by atoms with Crippen molar-refractivity contribution in [3.8, 4) is 0 Å². The summed E-state index contributed by atoms with van der Waals surface area (Å²) in [5, 5.41) is 3.13. The lowest BCUT2D eigenvalue weighted by molar-refractivity contribution is 0.500. The first-order valence-electron chi connectivity index (χ1n) is 3.02. The van der Waals surface area contributed by atoms with Crippen molar-refractivity contribution in [3.05, 3.63) is 12.7 Å². The predicted molar refractivity (Wildman–Crippen MR) is 40.0 cm³/mol. The summed E-state index contributed by atoms with van der Waals surface area (Å²) in [5.41, 5.74) is 0. The van der Waals surface area contributed by atoms with Crippen LogP contribution in [0.15, 0.2) is 12.7 Å². The van der Waals surface area contributed by atoms with Gasteiger partial charge in [-0.1, -0.05) is 19.9 Å². The van der Waals surface area contributed by atoms with E-state index in [0.717, 1.165) is 0 Å². The molecular formula is C7H17N. The number of hydrogen-bond acceptors (Lipinski definition) is 1. The van der Waals surface area contributed by atoms with E-state index in [1.54, 1.807) is 0 Å². The fourth-order valence-corrected chi connectivity index (χ4v) is 0.723. The van der Waals surface area contributed by atoms with E-state index in [1.807, 2.05) is 13.1 Å². The fourth-order valence-electron chi connectivity index (χ4n) is 0.723. The van der Waals surface area contributed by atoms with E-state index in [4.69, 9.17) is 0 Å². The van der Waals surface area contributed by atoms with Crippen molar-refractivity contribution in [1.82, 2.24) is 5.32 Å². The largest absolute Gasteiger partial charge is 0.313 e. The smallest absolute Gasteiger partial charge is 0.0267 e. The number of likely N-dealkylation sites (N-methyl/N-ethyl adjacent to an activating group) is 1. The molecule has 0 aromatic heterocycles. The minimum Gasteiger partial charge on any atom is -0.313 e. The van der Waals surface area contributed by atoms with Crippen molar-refractivity contribution in [2.24, 2.45) is 5.92 Å². The highest BCUT2D eigenvalue weighted by molar-refractivity contribution is 4.86. The van der Waals surface area contributed by atoms with Gasteiger partial charge < -0.3 is 5.32 Å². The second kappa shape index (κ2) is 3.67. The van der Waals surface area contributed by atoms with Gasteiger partial charge in [0.2, 0.25) is 0 Å². The molecule has 1 nitrogen and oxygen atoms in total. The minimum absolute atomic E-state index is 0. The second-order valence-electron chi connectivity index (χ2n) is 2.29. The van der Waals surface area contributed by atoms with Crippen LogP contribution < -0.4 is 5.32 Å². The standard InChI is InChI=1S/C7H15N.H2/c1-5-7(8-4)6(2)3;/h5-8H,1H2,2-4H3;1H/t7-;/m1./s1. The summed E-state index contributed by atoms with van der Waals surface area (Å²) in [7, 11) is 1.95. The van der Waals surface area contributed by atoms with Crippen molar-refractivity contribution in [2.45, 2.75) is 19.9 Å². The van der Waals surface area contributed by atoms with Gasteiger partial charge in [-0.25, -0.2) is 0 Å². The molecule has 1 atom stereocenters. The van der Waals surface area contributed by atoms with E-state index in [9.17, 15) is 0 Å². The first kappa shape index (κ1) is 7.70. The SMILES string of the molecule is C=C[C@@H](NC)C(C)C.[HH]. The van der Waals surface area contributed by atoms with E-state index in [2.05, 4.69) is 25.7 Å². The Labute approximate surface area is 53.3 Å². The van der Waals surface area contributed by atoms with Gasteiger partial charge in [-0.3, -0.25) is 0 Å². The van der Waals surface area contributed by atoms with Gasteiger partial charge >= 0.3 is 0 Å². The molecule has 0 bridgehead atoms. The third kappa shape index (κ3) is 2.12. The highest BCUT2D eigenvalue weighted by Gasteiger charge is 2.03. The Bertz CT molecular complexity index is 71.3. The summed E-state index contributed by atoms with van der Waals surface area (Å²) in [4.78, 5) is 0. The van der Waals surface area contributed by atoms with Crippen LogP contribution in [0.4, 0.5) is 0 Å². The zero-order valence-corrected chi connectivity index (χ0v) is 5.94. The molecule has 0 radical (unpaired) electrons. The fraction of sp³-hybridized carbons (Fsp3) is 0.714. The summed E-state index contributed by atoms with van der Waals surface area (Å²) in [6.07, 6.45) is 1.94. The molecule has 0 unspecified atom stereocenters. The van der Waals surface area contributed by atoms with Gasteiger partial charge in [0.25, 0.3) is 0 Å². The average Bonchev–Trinajstić information content (AvgIpc) is 1.69. The summed E-state index contributed by atoms with van der Waals surface area (Å²) in [5.74, 6) is 0.650. The second-order valence-corrected chi connectivity index (χ2v) is 2.29. The van der Waals surface area contributed by atoms with E-state index in [0.29, 0.717) is 12.0 Å². The maximum Gasteiger partial charge on any atom is 0.0267 e. The number of hydrogen-bond donors (Lipinski definition) is 1. The van der Waals surface area contributed by atoms with Crippen LogP contribution in [0.25, 0.3) is 0 Å². The minimum atomic E-state index is 0. The Morgan fingerprint density at radius 1 is 1.62 bits per heavy atom. The molecule has 0 aromatic rings. The van der Waals surface area contributed by atoms with E-state index in [-0.39, 0.29) is 1.43 Å². The van der Waals surface area contributed by atoms with Crippen LogP contribution in [0, 0.1) is 5.92 Å². The lowest BCUT2D eigenvalue weighted by atomic mass is 10.1. The molecule has 0 heterocycles. The van der Waals surface area contributed by atoms with Crippen LogP contribution in [0.3, 0.4) is 0 Å². The van der Waals surface area contributed by atoms with Gasteiger partial charge in [0, 0.05) is 7.47 Å². The molecule has 0 saturated heterocycles. The third-order valence-electron chi connectivity index (χ3n) is 1.31. The van der Waals surface area contributed by atoms with Gasteiger partial charge in [0.1, 0.15) is 0 Å². The van der Waals surface area contributed by atoms with Crippen LogP contribution in [0.5, 0.6) is 0 Å². The van der Waals surface area contributed by atoms with Gasteiger partial charge in [0.05, 0.1) is 0 Å². The van der Waals surface area contributed by atoms with Crippen molar-refractivity contribution >= 4 is 0 Å². The van der Waals surface area contributed by atoms with Crippen molar-refractivity contribution in [2.75, 3.05) is 7.05 Å². The summed E-state index contributed by atoms with van der Waals surface area (Å²) in [6, 6.07) is 0.468. The Balaban J connectivity index is 0. The number of rotatable bonds is 3. The van der Waals surface area contributed by atoms with Gasteiger partial charge in [-0.2, -0.15) is 0 Å². The van der Waals surface area contributed by atoms with Gasteiger partial charge in [0.15, 0.2) is 0 Å². The molecule has 1 heteroatoms. The molecule has 0 aromatic carbocycles. The molecule has 0 aliphatic rings. The first-order chi connectivity index (χ1) is 3.72. The molecular weight excluding hydrogens is 98.1 g/mol. The Morgan fingerprint density at radius 3 is 2.12 bits per heavy atom. The van der Waals surface area contributed by atoms with Gasteiger partial charge in [-0.15, -0.1) is 6.58 Å². The molecule has 8 heavy (non-hydrogen) atoms. The molecule has 1 N–H and O–H groups in total. The van der Waals surface area contributed by atoms with E-state index < -0.39 is 0 Å². The highest BCUT2D eigenvalue weighted by atomic mass is 14.9. The normalized spacial score (nSPS) is 14.0. The monoisotopic (exact) mass is 115 g/mol. The Hall–Kier alpha value is -0.300. The molecule has 0 rings (SSSR count). The quantitative estimate of drug-likeness (QED) is 0.552. The topological polar surface area (TPSA) is 12.0 Å². The van der Waals surface area contributed by atoms with Crippen LogP contribution in [0.2, 0.25) is 0 Å². The van der Waals surface area contributed by atoms with Crippen molar-refractivity contribution in [1.29, 1.82) is 0 Å².